The molecule has 0 aromatic heterocycles. The minimum atomic E-state index is -0.422. The van der Waals surface area contributed by atoms with Crippen LogP contribution in [-0.2, 0) is 14.4 Å². The molecule has 3 fully saturated rings. The van der Waals surface area contributed by atoms with Crippen LogP contribution < -0.4 is 14.4 Å². The molecule has 1 unspecified atom stereocenters. The van der Waals surface area contributed by atoms with E-state index in [0.717, 1.165) is 6.54 Å². The third kappa shape index (κ3) is 3.16. The Morgan fingerprint density at radius 2 is 1.86 bits per heavy atom. The van der Waals surface area contributed by atoms with Crippen LogP contribution in [-0.4, -0.2) is 67.0 Å². The molecule has 2 saturated heterocycles. The molecule has 1 saturated carbocycles. The van der Waals surface area contributed by atoms with Crippen LogP contribution >= 0.6 is 0 Å². The number of rotatable bonds is 4. The van der Waals surface area contributed by atoms with E-state index in [1.807, 2.05) is 6.07 Å². The molecule has 3 amide bonds. The monoisotopic (exact) mass is 385 g/mol. The van der Waals surface area contributed by atoms with Gasteiger partial charge in [-0.3, -0.25) is 14.4 Å². The van der Waals surface area contributed by atoms with Gasteiger partial charge in [0.05, 0.1) is 12.6 Å². The van der Waals surface area contributed by atoms with E-state index >= 15 is 0 Å². The standard InChI is InChI=1S/C20H23N3O5/c24-18-7-14(20(26)22-11-19(25)21(12-22)9-13-1-2-13)10-23(18)15-3-4-16-17(8-15)28-6-5-27-16/h3-4,8,13-14H,1-2,5-7,9-12H2. The van der Waals surface area contributed by atoms with Crippen molar-refractivity contribution in [2.75, 3.05) is 44.4 Å². The molecule has 148 valence electrons. The van der Waals surface area contributed by atoms with E-state index in [-0.39, 0.29) is 30.7 Å². The maximum Gasteiger partial charge on any atom is 0.243 e. The number of hydrogen-bond donors (Lipinski definition) is 0. The van der Waals surface area contributed by atoms with Gasteiger partial charge in [-0.2, -0.15) is 0 Å². The van der Waals surface area contributed by atoms with Crippen molar-refractivity contribution in [1.82, 2.24) is 9.80 Å². The molecule has 0 spiro atoms. The summed E-state index contributed by atoms with van der Waals surface area (Å²) in [6.45, 7) is 2.53. The van der Waals surface area contributed by atoms with Crippen LogP contribution in [0.5, 0.6) is 11.5 Å². The van der Waals surface area contributed by atoms with Gasteiger partial charge in [0.1, 0.15) is 19.8 Å². The van der Waals surface area contributed by atoms with Crippen molar-refractivity contribution in [2.24, 2.45) is 11.8 Å². The molecular formula is C20H23N3O5. The molecule has 8 heteroatoms. The fourth-order valence-electron chi connectivity index (χ4n) is 4.10. The molecule has 1 aromatic rings. The molecule has 1 atom stereocenters. The third-order valence-electron chi connectivity index (χ3n) is 5.82. The van der Waals surface area contributed by atoms with Crippen LogP contribution in [0.4, 0.5) is 5.69 Å². The van der Waals surface area contributed by atoms with Gasteiger partial charge in [-0.05, 0) is 30.9 Å². The largest absolute Gasteiger partial charge is 0.486 e. The first-order valence-corrected chi connectivity index (χ1v) is 9.85. The predicted molar refractivity (Wildman–Crippen MR) is 98.9 cm³/mol. The number of ether oxygens (including phenoxy) is 2. The minimum Gasteiger partial charge on any atom is -0.486 e. The summed E-state index contributed by atoms with van der Waals surface area (Å²) in [5.74, 6) is 1.27. The Hall–Kier alpha value is -2.77. The lowest BCUT2D eigenvalue weighted by atomic mass is 10.1. The molecular weight excluding hydrogens is 362 g/mol. The van der Waals surface area contributed by atoms with Gasteiger partial charge in [0.15, 0.2) is 11.5 Å². The second-order valence-corrected chi connectivity index (χ2v) is 7.97. The van der Waals surface area contributed by atoms with Crippen LogP contribution in [0, 0.1) is 11.8 Å². The lowest BCUT2D eigenvalue weighted by Crippen LogP contribution is -2.37. The molecule has 4 aliphatic rings. The van der Waals surface area contributed by atoms with E-state index in [0.29, 0.717) is 49.5 Å². The van der Waals surface area contributed by atoms with Crippen molar-refractivity contribution in [1.29, 1.82) is 0 Å². The number of carbonyl (C=O) groups excluding carboxylic acids is 3. The summed E-state index contributed by atoms with van der Waals surface area (Å²) in [5.41, 5.74) is 0.706. The molecule has 3 heterocycles. The van der Waals surface area contributed by atoms with Crippen molar-refractivity contribution in [3.8, 4) is 11.5 Å². The highest BCUT2D eigenvalue weighted by atomic mass is 16.6. The summed E-state index contributed by atoms with van der Waals surface area (Å²) in [5, 5.41) is 0. The molecule has 1 aliphatic carbocycles. The third-order valence-corrected chi connectivity index (χ3v) is 5.82. The topological polar surface area (TPSA) is 79.4 Å². The van der Waals surface area contributed by atoms with Gasteiger partial charge >= 0.3 is 0 Å². The normalized spacial score (nSPS) is 24.3. The molecule has 8 nitrogen and oxygen atoms in total. The minimum absolute atomic E-state index is 0.00765. The summed E-state index contributed by atoms with van der Waals surface area (Å²) >= 11 is 0. The van der Waals surface area contributed by atoms with Crippen LogP contribution in [0.1, 0.15) is 19.3 Å². The van der Waals surface area contributed by atoms with Crippen molar-refractivity contribution in [3.05, 3.63) is 18.2 Å². The number of anilines is 1. The zero-order chi connectivity index (χ0) is 19.3. The first-order chi connectivity index (χ1) is 13.6. The molecule has 5 rings (SSSR count). The van der Waals surface area contributed by atoms with Crippen LogP contribution in [0.25, 0.3) is 0 Å². The Morgan fingerprint density at radius 1 is 1.07 bits per heavy atom. The average Bonchev–Trinajstić information content (AvgIpc) is 3.33. The summed E-state index contributed by atoms with van der Waals surface area (Å²) in [7, 11) is 0. The van der Waals surface area contributed by atoms with Crippen molar-refractivity contribution < 1.29 is 23.9 Å². The highest BCUT2D eigenvalue weighted by Gasteiger charge is 2.41. The number of nitrogens with zero attached hydrogens (tertiary/aromatic N) is 3. The number of hydrogen-bond acceptors (Lipinski definition) is 5. The lowest BCUT2D eigenvalue weighted by Gasteiger charge is -2.23. The van der Waals surface area contributed by atoms with Crippen molar-refractivity contribution in [2.45, 2.75) is 19.3 Å². The zero-order valence-electron chi connectivity index (χ0n) is 15.6. The Bertz CT molecular complexity index is 837. The molecule has 0 radical (unpaired) electrons. The van der Waals surface area contributed by atoms with Gasteiger partial charge in [-0.25, -0.2) is 0 Å². The summed E-state index contributed by atoms with van der Waals surface area (Å²) in [6, 6.07) is 5.40. The maximum atomic E-state index is 12.9. The van der Waals surface area contributed by atoms with Crippen LogP contribution in [0.3, 0.4) is 0 Å². The molecule has 28 heavy (non-hydrogen) atoms. The molecule has 1 aromatic carbocycles. The Labute approximate surface area is 163 Å². The van der Waals surface area contributed by atoms with Crippen LogP contribution in [0.2, 0.25) is 0 Å². The fraction of sp³-hybridized carbons (Fsp3) is 0.550. The Balaban J connectivity index is 1.26. The molecule has 0 N–H and O–H groups in total. The Morgan fingerprint density at radius 3 is 2.64 bits per heavy atom. The van der Waals surface area contributed by atoms with Gasteiger partial charge in [-0.15, -0.1) is 0 Å². The van der Waals surface area contributed by atoms with E-state index in [4.69, 9.17) is 9.47 Å². The van der Waals surface area contributed by atoms with Crippen molar-refractivity contribution >= 4 is 23.4 Å². The number of benzene rings is 1. The summed E-state index contributed by atoms with van der Waals surface area (Å²) in [4.78, 5) is 42.6. The van der Waals surface area contributed by atoms with E-state index in [2.05, 4.69) is 0 Å². The Kier molecular flexibility index (Phi) is 4.14. The second kappa shape index (κ2) is 6.68. The zero-order valence-corrected chi connectivity index (χ0v) is 15.6. The SMILES string of the molecule is O=C1CN(C(=O)C2CC(=O)N(c3ccc4c(c3)OCCO4)C2)CN1CC1CC1. The van der Waals surface area contributed by atoms with Crippen LogP contribution in [0.15, 0.2) is 18.2 Å². The first kappa shape index (κ1) is 17.3. The van der Waals surface area contributed by atoms with E-state index in [9.17, 15) is 14.4 Å². The average molecular weight is 385 g/mol. The van der Waals surface area contributed by atoms with Crippen molar-refractivity contribution in [3.63, 3.8) is 0 Å². The molecule has 3 aliphatic heterocycles. The van der Waals surface area contributed by atoms with Gasteiger partial charge < -0.3 is 24.2 Å². The second-order valence-electron chi connectivity index (χ2n) is 7.97. The first-order valence-electron chi connectivity index (χ1n) is 9.85. The number of fused-ring (bicyclic) bond motifs is 1. The van der Waals surface area contributed by atoms with E-state index < -0.39 is 5.92 Å². The maximum absolute atomic E-state index is 12.9. The van der Waals surface area contributed by atoms with Gasteiger partial charge in [0.25, 0.3) is 0 Å². The highest BCUT2D eigenvalue weighted by molar-refractivity contribution is 6.01. The van der Waals surface area contributed by atoms with E-state index in [1.165, 1.54) is 12.8 Å². The number of amides is 3. The molecule has 0 bridgehead atoms. The quantitative estimate of drug-likeness (QED) is 0.768. The lowest BCUT2D eigenvalue weighted by molar-refractivity contribution is -0.135. The highest BCUT2D eigenvalue weighted by Crippen LogP contribution is 2.36. The van der Waals surface area contributed by atoms with Gasteiger partial charge in [0.2, 0.25) is 17.7 Å². The summed E-state index contributed by atoms with van der Waals surface area (Å²) < 4.78 is 11.1. The fourth-order valence-corrected chi connectivity index (χ4v) is 4.10. The number of carbonyl (C=O) groups is 3. The summed E-state index contributed by atoms with van der Waals surface area (Å²) in [6.07, 6.45) is 2.50. The smallest absolute Gasteiger partial charge is 0.243 e. The van der Waals surface area contributed by atoms with Gasteiger partial charge in [0, 0.05) is 31.3 Å². The van der Waals surface area contributed by atoms with Gasteiger partial charge in [-0.1, -0.05) is 0 Å². The van der Waals surface area contributed by atoms with E-state index in [1.54, 1.807) is 26.8 Å². The predicted octanol–water partition coefficient (Wildman–Crippen LogP) is 0.849.